The summed E-state index contributed by atoms with van der Waals surface area (Å²) in [7, 11) is 0. The Bertz CT molecular complexity index is 761. The average molecular weight is 420 g/mol. The first-order valence-electron chi connectivity index (χ1n) is 7.47. The van der Waals surface area contributed by atoms with Gasteiger partial charge in [0.05, 0.1) is 12.0 Å². The highest BCUT2D eigenvalue weighted by Crippen LogP contribution is 2.52. The molecule has 2 aliphatic rings. The molecule has 1 aromatic rings. The predicted molar refractivity (Wildman–Crippen MR) is 95.4 cm³/mol. The molecule has 23 heavy (non-hydrogen) atoms. The Balaban J connectivity index is 2.24. The van der Waals surface area contributed by atoms with Gasteiger partial charge in [0.1, 0.15) is 5.76 Å². The van der Waals surface area contributed by atoms with Crippen LogP contribution in [0.3, 0.4) is 0 Å². The molecule has 0 amide bonds. The van der Waals surface area contributed by atoms with E-state index < -0.39 is 9.34 Å². The van der Waals surface area contributed by atoms with E-state index in [4.69, 9.17) is 10.1 Å². The van der Waals surface area contributed by atoms with Crippen LogP contribution in [0, 0.1) is 22.2 Å². The molecule has 0 fully saturated rings. The van der Waals surface area contributed by atoms with Crippen molar-refractivity contribution in [3.05, 3.63) is 47.2 Å². The van der Waals surface area contributed by atoms with Gasteiger partial charge in [-0.25, -0.2) is 0 Å². The minimum atomic E-state index is -1.20. The molecule has 4 nitrogen and oxygen atoms in total. The quantitative estimate of drug-likeness (QED) is 0.549. The van der Waals surface area contributed by atoms with Crippen molar-refractivity contribution in [1.82, 2.24) is 0 Å². The largest absolute Gasteiger partial charge is 0.445 e. The van der Waals surface area contributed by atoms with E-state index in [1.165, 1.54) is 0 Å². The Morgan fingerprint density at radius 1 is 1.30 bits per heavy atom. The van der Waals surface area contributed by atoms with Gasteiger partial charge in [-0.3, -0.25) is 10.2 Å². The van der Waals surface area contributed by atoms with Gasteiger partial charge in [-0.2, -0.15) is 5.26 Å². The summed E-state index contributed by atoms with van der Waals surface area (Å²) in [4.78, 5) is 12.8. The van der Waals surface area contributed by atoms with Crippen molar-refractivity contribution in [3.63, 3.8) is 0 Å². The maximum atomic E-state index is 12.8. The molecule has 118 valence electrons. The Labute approximate surface area is 149 Å². The molecular weight excluding hydrogens is 403 g/mol. The molecule has 3 rings (SSSR count). The molecule has 0 saturated carbocycles. The maximum absolute atomic E-state index is 12.8. The number of hydrogen-bond donors (Lipinski definition) is 1. The molecule has 0 radical (unpaired) electrons. The van der Waals surface area contributed by atoms with E-state index in [2.05, 4.69) is 6.07 Å². The van der Waals surface area contributed by atoms with Gasteiger partial charge in [-0.1, -0.05) is 66.8 Å². The van der Waals surface area contributed by atoms with Crippen molar-refractivity contribution < 1.29 is 9.53 Å². The zero-order chi connectivity index (χ0) is 16.8. The highest BCUT2D eigenvalue weighted by Gasteiger charge is 2.54. The monoisotopic (exact) mass is 420 g/mol. The Morgan fingerprint density at radius 2 is 1.96 bits per heavy atom. The number of allylic oxidation sites excluding steroid dienone is 2. The highest BCUT2D eigenvalue weighted by atomic mass is 127. The summed E-state index contributed by atoms with van der Waals surface area (Å²) in [5, 5.41) is 18.0. The highest BCUT2D eigenvalue weighted by molar-refractivity contribution is 14.1. The van der Waals surface area contributed by atoms with Crippen LogP contribution in [-0.2, 0) is 9.53 Å². The van der Waals surface area contributed by atoms with Gasteiger partial charge in [0, 0.05) is 18.4 Å². The molecule has 0 spiro atoms. The molecule has 0 bridgehead atoms. The molecule has 1 aliphatic heterocycles. The fraction of sp³-hybridized carbons (Fsp3) is 0.389. The number of Topliss-reactive ketones (excluding diaryl/α,β-unsaturated/α-hetero) is 1. The number of ether oxygens (including phenoxy) is 1. The number of hydrogen-bond acceptors (Lipinski definition) is 4. The zero-order valence-electron chi connectivity index (χ0n) is 13.0. The molecule has 0 aromatic heterocycles. The first kappa shape index (κ1) is 16.2. The fourth-order valence-electron chi connectivity index (χ4n) is 3.38. The number of halogens is 1. The van der Waals surface area contributed by atoms with Crippen molar-refractivity contribution in [2.75, 3.05) is 0 Å². The van der Waals surface area contributed by atoms with Crippen LogP contribution >= 0.6 is 22.6 Å². The van der Waals surface area contributed by atoms with Crippen LogP contribution in [0.4, 0.5) is 0 Å². The number of alkyl halides is 1. The minimum Gasteiger partial charge on any atom is -0.445 e. The summed E-state index contributed by atoms with van der Waals surface area (Å²) >= 11 is 1.96. The van der Waals surface area contributed by atoms with Gasteiger partial charge < -0.3 is 4.74 Å². The van der Waals surface area contributed by atoms with E-state index in [-0.39, 0.29) is 17.1 Å². The van der Waals surface area contributed by atoms with Crippen LogP contribution in [0.25, 0.3) is 0 Å². The summed E-state index contributed by atoms with van der Waals surface area (Å²) in [5.74, 6) is 0.0365. The SMILES string of the molecule is CC1(C)CC(=O)C2=C(C1)OC(=N)C(I)(C#N)C2c1ccccc1. The Hall–Kier alpha value is -1.68. The van der Waals surface area contributed by atoms with Gasteiger partial charge >= 0.3 is 0 Å². The topological polar surface area (TPSA) is 73.9 Å². The van der Waals surface area contributed by atoms with Crippen molar-refractivity contribution in [1.29, 1.82) is 10.7 Å². The summed E-state index contributed by atoms with van der Waals surface area (Å²) in [6.45, 7) is 4.05. The molecular formula is C18H17IN2O2. The number of carbonyl (C=O) groups is 1. The van der Waals surface area contributed by atoms with Crippen LogP contribution in [0.2, 0.25) is 0 Å². The molecule has 2 unspecified atom stereocenters. The molecule has 1 aromatic carbocycles. The third kappa shape index (κ3) is 2.59. The lowest BCUT2D eigenvalue weighted by Crippen LogP contribution is -2.47. The van der Waals surface area contributed by atoms with E-state index >= 15 is 0 Å². The number of rotatable bonds is 1. The van der Waals surface area contributed by atoms with E-state index in [1.54, 1.807) is 0 Å². The van der Waals surface area contributed by atoms with Crippen molar-refractivity contribution in [2.45, 2.75) is 36.0 Å². The van der Waals surface area contributed by atoms with Crippen LogP contribution in [0.15, 0.2) is 41.7 Å². The fourth-order valence-corrected chi connectivity index (χ4v) is 4.16. The van der Waals surface area contributed by atoms with Crippen molar-refractivity contribution in [3.8, 4) is 6.07 Å². The van der Waals surface area contributed by atoms with Crippen LogP contribution in [0.1, 0.15) is 38.2 Å². The van der Waals surface area contributed by atoms with E-state index in [9.17, 15) is 10.1 Å². The van der Waals surface area contributed by atoms with Crippen molar-refractivity contribution in [2.24, 2.45) is 5.41 Å². The molecule has 1 heterocycles. The Morgan fingerprint density at radius 3 is 2.57 bits per heavy atom. The van der Waals surface area contributed by atoms with E-state index in [1.807, 2.05) is 66.8 Å². The zero-order valence-corrected chi connectivity index (χ0v) is 15.2. The van der Waals surface area contributed by atoms with E-state index in [0.29, 0.717) is 24.2 Å². The molecule has 5 heteroatoms. The number of carbonyl (C=O) groups excluding carboxylic acids is 1. The minimum absolute atomic E-state index is 0.0221. The molecule has 0 saturated heterocycles. The number of nitrogens with zero attached hydrogens (tertiary/aromatic N) is 1. The van der Waals surface area contributed by atoms with Gasteiger partial charge in [-0.05, 0) is 11.0 Å². The second-order valence-corrected chi connectivity index (χ2v) is 8.58. The van der Waals surface area contributed by atoms with Crippen LogP contribution < -0.4 is 0 Å². The summed E-state index contributed by atoms with van der Waals surface area (Å²) < 4.78 is 4.47. The molecule has 1 aliphatic carbocycles. The first-order valence-corrected chi connectivity index (χ1v) is 8.54. The number of benzene rings is 1. The third-order valence-electron chi connectivity index (χ3n) is 4.42. The summed E-state index contributed by atoms with van der Waals surface area (Å²) in [6, 6.07) is 11.7. The lowest BCUT2D eigenvalue weighted by Gasteiger charge is -2.42. The second-order valence-electron chi connectivity index (χ2n) is 6.88. The normalized spacial score (nSPS) is 29.6. The third-order valence-corrected chi connectivity index (χ3v) is 5.77. The number of nitriles is 1. The molecule has 1 N–H and O–H groups in total. The van der Waals surface area contributed by atoms with Gasteiger partial charge in [0.15, 0.2) is 9.20 Å². The van der Waals surface area contributed by atoms with E-state index in [0.717, 1.165) is 5.56 Å². The Kier molecular flexibility index (Phi) is 3.83. The molecule has 2 atom stereocenters. The number of nitrogens with one attached hydrogen (secondary N) is 1. The van der Waals surface area contributed by atoms with Crippen molar-refractivity contribution >= 4 is 34.3 Å². The van der Waals surface area contributed by atoms with Crippen LogP contribution in [-0.4, -0.2) is 15.1 Å². The standard InChI is InChI=1S/C18H17IN2O2/c1-17(2)8-12(22)14-13(9-17)23-16(21)18(19,10-20)15(14)11-6-4-3-5-7-11/h3-7,15,21H,8-9H2,1-2H3. The number of ketones is 1. The van der Waals surface area contributed by atoms with Gasteiger partial charge in [-0.15, -0.1) is 0 Å². The smallest absolute Gasteiger partial charge is 0.218 e. The average Bonchev–Trinajstić information content (AvgIpc) is 2.49. The first-order chi connectivity index (χ1) is 10.8. The lowest BCUT2D eigenvalue weighted by molar-refractivity contribution is -0.119. The second kappa shape index (κ2) is 5.45. The lowest BCUT2D eigenvalue weighted by atomic mass is 9.68. The van der Waals surface area contributed by atoms with Crippen LogP contribution in [0.5, 0.6) is 0 Å². The maximum Gasteiger partial charge on any atom is 0.218 e. The van der Waals surface area contributed by atoms with Gasteiger partial charge in [0.2, 0.25) is 5.90 Å². The summed E-state index contributed by atoms with van der Waals surface area (Å²) in [6.07, 6.45) is 1.04. The van der Waals surface area contributed by atoms with Gasteiger partial charge in [0.25, 0.3) is 0 Å². The predicted octanol–water partition coefficient (Wildman–Crippen LogP) is 4.12. The summed E-state index contributed by atoms with van der Waals surface area (Å²) in [5.41, 5.74) is 1.26.